The van der Waals surface area contributed by atoms with Gasteiger partial charge in [0.1, 0.15) is 11.5 Å². The molecule has 1 N–H and O–H groups in total. The summed E-state index contributed by atoms with van der Waals surface area (Å²) in [5.74, 6) is 1.36. The van der Waals surface area contributed by atoms with Crippen molar-refractivity contribution in [3.63, 3.8) is 0 Å². The summed E-state index contributed by atoms with van der Waals surface area (Å²) >= 11 is 0. The van der Waals surface area contributed by atoms with Crippen LogP contribution in [0.5, 0.6) is 0 Å². The van der Waals surface area contributed by atoms with Gasteiger partial charge in [0.05, 0.1) is 12.3 Å². The predicted octanol–water partition coefficient (Wildman–Crippen LogP) is 5.15. The van der Waals surface area contributed by atoms with Gasteiger partial charge < -0.3 is 14.6 Å². The average Bonchev–Trinajstić information content (AvgIpc) is 3.30. The van der Waals surface area contributed by atoms with E-state index in [4.69, 9.17) is 9.26 Å². The fourth-order valence-electron chi connectivity index (χ4n) is 5.29. The molecule has 176 valence electrons. The Morgan fingerprint density at radius 2 is 2.18 bits per heavy atom. The van der Waals surface area contributed by atoms with Crippen LogP contribution in [-0.2, 0) is 11.2 Å². The Kier molecular flexibility index (Phi) is 6.38. The average molecular weight is 463 g/mol. The van der Waals surface area contributed by atoms with Crippen LogP contribution in [0.25, 0.3) is 17.2 Å². The third-order valence-electron chi connectivity index (χ3n) is 6.86. The van der Waals surface area contributed by atoms with Crippen molar-refractivity contribution in [2.45, 2.75) is 44.6 Å². The number of carbonyl (C=O) groups excluding carboxylic acids is 1. The van der Waals surface area contributed by atoms with Gasteiger partial charge in [0.2, 0.25) is 0 Å². The lowest BCUT2D eigenvalue weighted by atomic mass is 9.65. The molecule has 0 unspecified atom stereocenters. The lowest BCUT2D eigenvalue weighted by Gasteiger charge is -2.41. The second-order valence-electron chi connectivity index (χ2n) is 8.95. The fourth-order valence-corrected chi connectivity index (χ4v) is 5.29. The van der Waals surface area contributed by atoms with Crippen LogP contribution >= 0.6 is 0 Å². The number of aromatic nitrogens is 3. The lowest BCUT2D eigenvalue weighted by Crippen LogP contribution is -2.44. The molecule has 2 heterocycles. The van der Waals surface area contributed by atoms with E-state index in [2.05, 4.69) is 26.7 Å². The number of allylic oxidation sites excluding steroid dienone is 1. The first-order valence-corrected chi connectivity index (χ1v) is 11.8. The molecule has 4 atom stereocenters. The van der Waals surface area contributed by atoms with E-state index in [1.54, 1.807) is 19.2 Å². The first-order chi connectivity index (χ1) is 16.6. The number of ether oxygens (including phenoxy) is 1. The molecule has 1 aromatic carbocycles. The zero-order valence-corrected chi connectivity index (χ0v) is 19.0. The topological polar surface area (TPSA) is 90.1 Å². The molecule has 2 aromatic heterocycles. The molecule has 34 heavy (non-hydrogen) atoms. The zero-order valence-electron chi connectivity index (χ0n) is 19.0. The van der Waals surface area contributed by atoms with E-state index < -0.39 is 0 Å². The highest BCUT2D eigenvalue weighted by molar-refractivity contribution is 5.67. The van der Waals surface area contributed by atoms with Crippen molar-refractivity contribution in [2.24, 2.45) is 11.8 Å². The van der Waals surface area contributed by atoms with Crippen LogP contribution < -0.4 is 5.32 Å². The fraction of sp³-hybridized carbons (Fsp3) is 0.385. The third-order valence-corrected chi connectivity index (χ3v) is 6.86. The van der Waals surface area contributed by atoms with Crippen LogP contribution in [-0.4, -0.2) is 34.1 Å². The molecule has 3 aromatic rings. The largest absolute Gasteiger partial charge is 0.450 e. The number of benzene rings is 1. The van der Waals surface area contributed by atoms with Crippen LogP contribution in [0, 0.1) is 17.7 Å². The Morgan fingerprint density at radius 1 is 1.26 bits per heavy atom. The molecule has 7 nitrogen and oxygen atoms in total. The van der Waals surface area contributed by atoms with Gasteiger partial charge in [-0.15, -0.1) is 5.10 Å². The van der Waals surface area contributed by atoms with E-state index in [1.165, 1.54) is 12.1 Å². The summed E-state index contributed by atoms with van der Waals surface area (Å²) in [5.41, 5.74) is 3.36. The molecule has 0 saturated heterocycles. The molecule has 0 radical (unpaired) electrons. The SMILES string of the molecule is CCOC(=O)N[C@H]1CC[C@@H]2[C@H](Cc3nnoc3[C@H]2/C=C/c2ccc(-c3cccc(F)c3)cn2)C1. The molecule has 2 aliphatic rings. The number of fused-ring (bicyclic) bond motifs is 2. The number of halogens is 1. The summed E-state index contributed by atoms with van der Waals surface area (Å²) < 4.78 is 24.1. The smallest absolute Gasteiger partial charge is 0.407 e. The van der Waals surface area contributed by atoms with Crippen molar-refractivity contribution in [3.8, 4) is 11.1 Å². The highest BCUT2D eigenvalue weighted by Gasteiger charge is 2.42. The number of alkyl carbamates (subject to hydrolysis) is 1. The Balaban J connectivity index is 1.32. The summed E-state index contributed by atoms with van der Waals surface area (Å²) in [4.78, 5) is 16.4. The van der Waals surface area contributed by atoms with Gasteiger partial charge in [-0.05, 0) is 74.3 Å². The monoisotopic (exact) mass is 462 g/mol. The number of rotatable bonds is 5. The molecule has 0 spiro atoms. The predicted molar refractivity (Wildman–Crippen MR) is 124 cm³/mol. The minimum Gasteiger partial charge on any atom is -0.450 e. The first-order valence-electron chi connectivity index (χ1n) is 11.8. The van der Waals surface area contributed by atoms with E-state index in [0.717, 1.165) is 54.0 Å². The van der Waals surface area contributed by atoms with Gasteiger partial charge >= 0.3 is 6.09 Å². The standard InChI is InChI=1S/C26H27FN4O3/c1-2-33-26(32)29-21-9-10-22-18(13-21)14-24-25(34-31-30-24)23(22)11-8-20-7-6-17(15-28-20)16-4-3-5-19(27)12-16/h3-8,11-12,15,18,21-23H,2,9-10,13-14H2,1H3,(H,29,32)/b11-8+/t18-,21-,22+,23-/m0/s1. The van der Waals surface area contributed by atoms with Crippen LogP contribution in [0.15, 0.2) is 53.2 Å². The molecular formula is C26H27FN4O3. The van der Waals surface area contributed by atoms with Crippen LogP contribution in [0.3, 0.4) is 0 Å². The first kappa shape index (κ1) is 22.3. The molecule has 2 aliphatic carbocycles. The molecule has 8 heteroatoms. The van der Waals surface area contributed by atoms with Crippen molar-refractivity contribution in [1.29, 1.82) is 0 Å². The van der Waals surface area contributed by atoms with Crippen LogP contribution in [0.2, 0.25) is 0 Å². The lowest BCUT2D eigenvalue weighted by molar-refractivity contribution is 0.125. The number of carbonyl (C=O) groups is 1. The van der Waals surface area contributed by atoms with E-state index >= 15 is 0 Å². The Bertz CT molecular complexity index is 1180. The minimum absolute atomic E-state index is 0.0528. The van der Waals surface area contributed by atoms with Gasteiger partial charge in [-0.25, -0.2) is 9.18 Å². The van der Waals surface area contributed by atoms with Crippen LogP contribution in [0.1, 0.15) is 49.3 Å². The highest BCUT2D eigenvalue weighted by Crippen LogP contribution is 2.47. The van der Waals surface area contributed by atoms with Crippen molar-refractivity contribution < 1.29 is 18.4 Å². The van der Waals surface area contributed by atoms with E-state index in [9.17, 15) is 9.18 Å². The number of pyridine rings is 1. The quantitative estimate of drug-likeness (QED) is 0.564. The molecule has 0 bridgehead atoms. The van der Waals surface area contributed by atoms with Gasteiger partial charge in [-0.1, -0.05) is 24.3 Å². The van der Waals surface area contributed by atoms with Crippen LogP contribution in [0.4, 0.5) is 9.18 Å². The Morgan fingerprint density at radius 3 is 2.97 bits per heavy atom. The summed E-state index contributed by atoms with van der Waals surface area (Å²) in [7, 11) is 0. The maximum atomic E-state index is 13.5. The van der Waals surface area contributed by atoms with E-state index in [0.29, 0.717) is 18.4 Å². The second-order valence-corrected chi connectivity index (χ2v) is 8.95. The molecule has 1 saturated carbocycles. The molecule has 1 fully saturated rings. The summed E-state index contributed by atoms with van der Waals surface area (Å²) in [6.45, 7) is 2.17. The third kappa shape index (κ3) is 4.71. The van der Waals surface area contributed by atoms with Gasteiger partial charge in [0.25, 0.3) is 0 Å². The number of nitrogens with one attached hydrogen (secondary N) is 1. The maximum absolute atomic E-state index is 13.5. The summed E-state index contributed by atoms with van der Waals surface area (Å²) in [6, 6.07) is 10.5. The van der Waals surface area contributed by atoms with Gasteiger partial charge in [-0.2, -0.15) is 0 Å². The normalized spacial score (nSPS) is 23.8. The van der Waals surface area contributed by atoms with Gasteiger partial charge in [-0.3, -0.25) is 4.98 Å². The molecule has 5 rings (SSSR count). The zero-order chi connectivity index (χ0) is 23.5. The van der Waals surface area contributed by atoms with E-state index in [-0.39, 0.29) is 23.9 Å². The van der Waals surface area contributed by atoms with Crippen molar-refractivity contribution in [3.05, 3.63) is 71.6 Å². The number of amides is 1. The number of hydrogen-bond donors (Lipinski definition) is 1. The minimum atomic E-state index is -0.352. The maximum Gasteiger partial charge on any atom is 0.407 e. The molecule has 0 aliphatic heterocycles. The summed E-state index contributed by atoms with van der Waals surface area (Å²) in [5, 5.41) is 11.0. The van der Waals surface area contributed by atoms with Gasteiger partial charge in [0, 0.05) is 29.0 Å². The van der Waals surface area contributed by atoms with Crippen molar-refractivity contribution >= 4 is 12.2 Å². The van der Waals surface area contributed by atoms with Gasteiger partial charge in [0.15, 0.2) is 5.76 Å². The van der Waals surface area contributed by atoms with Crippen molar-refractivity contribution in [2.75, 3.05) is 6.61 Å². The van der Waals surface area contributed by atoms with E-state index in [1.807, 2.05) is 24.3 Å². The van der Waals surface area contributed by atoms with Crippen molar-refractivity contribution in [1.82, 2.24) is 20.7 Å². The Hall–Kier alpha value is -3.55. The summed E-state index contributed by atoms with van der Waals surface area (Å²) in [6.07, 6.45) is 9.06. The molecule has 1 amide bonds. The molecular weight excluding hydrogens is 435 g/mol. The Labute approximate surface area is 197 Å². The number of nitrogens with zero attached hydrogens (tertiary/aromatic N) is 3. The second kappa shape index (κ2) is 9.75. The highest BCUT2D eigenvalue weighted by atomic mass is 19.1. The number of hydrogen-bond acceptors (Lipinski definition) is 6.